The van der Waals surface area contributed by atoms with E-state index in [1.807, 2.05) is 6.92 Å². The van der Waals surface area contributed by atoms with Gasteiger partial charge in [0.15, 0.2) is 0 Å². The van der Waals surface area contributed by atoms with E-state index in [4.69, 9.17) is 23.2 Å². The number of alkyl halides is 1. The van der Waals surface area contributed by atoms with Crippen molar-refractivity contribution in [2.24, 2.45) is 5.41 Å². The van der Waals surface area contributed by atoms with Crippen molar-refractivity contribution in [2.75, 3.05) is 0 Å². The van der Waals surface area contributed by atoms with Crippen molar-refractivity contribution in [2.45, 2.75) is 39.0 Å². The highest BCUT2D eigenvalue weighted by Crippen LogP contribution is 2.31. The summed E-state index contributed by atoms with van der Waals surface area (Å²) in [5.74, 6) is -0.306. The Balaban J connectivity index is 2.83. The summed E-state index contributed by atoms with van der Waals surface area (Å²) in [5.41, 5.74) is 0.641. The first-order chi connectivity index (χ1) is 7.32. The van der Waals surface area contributed by atoms with Crippen molar-refractivity contribution in [1.29, 1.82) is 0 Å². The third kappa shape index (κ3) is 3.95. The summed E-state index contributed by atoms with van der Waals surface area (Å²) < 4.78 is 13.7. The molecule has 1 rings (SSSR count). The van der Waals surface area contributed by atoms with Crippen LogP contribution in [0.2, 0.25) is 5.02 Å². The standard InChI is InChI=1S/C13H17Cl2F/c1-9(14)7-13(2,3)8-10-5-4-6-11(15)12(10)16/h4-6,9H,7-8H2,1-3H3. The minimum absolute atomic E-state index is 0.0211. The molecule has 1 aromatic rings. The van der Waals surface area contributed by atoms with Gasteiger partial charge in [0.25, 0.3) is 0 Å². The maximum atomic E-state index is 13.7. The smallest absolute Gasteiger partial charge is 0.144 e. The molecule has 16 heavy (non-hydrogen) atoms. The van der Waals surface area contributed by atoms with Crippen molar-refractivity contribution in [3.05, 3.63) is 34.6 Å². The Hall–Kier alpha value is -0.270. The van der Waals surface area contributed by atoms with E-state index < -0.39 is 0 Å². The van der Waals surface area contributed by atoms with Crippen molar-refractivity contribution in [3.63, 3.8) is 0 Å². The van der Waals surface area contributed by atoms with E-state index >= 15 is 0 Å². The molecule has 90 valence electrons. The fourth-order valence-electron chi connectivity index (χ4n) is 2.03. The molecule has 0 amide bonds. The predicted octanol–water partition coefficient (Wildman–Crippen LogP) is 5.07. The van der Waals surface area contributed by atoms with Crippen LogP contribution < -0.4 is 0 Å². The van der Waals surface area contributed by atoms with Gasteiger partial charge in [-0.25, -0.2) is 4.39 Å². The van der Waals surface area contributed by atoms with Crippen LogP contribution in [0.5, 0.6) is 0 Å². The summed E-state index contributed by atoms with van der Waals surface area (Å²) in [6.45, 7) is 6.14. The first kappa shape index (κ1) is 13.8. The summed E-state index contributed by atoms with van der Waals surface area (Å²) >= 11 is 11.7. The Bertz CT molecular complexity index is 359. The Morgan fingerprint density at radius 2 is 2.00 bits per heavy atom. The van der Waals surface area contributed by atoms with Crippen LogP contribution in [-0.2, 0) is 6.42 Å². The average Bonchev–Trinajstić information content (AvgIpc) is 2.10. The highest BCUT2D eigenvalue weighted by molar-refractivity contribution is 6.30. The van der Waals surface area contributed by atoms with Crippen molar-refractivity contribution >= 4 is 23.2 Å². The van der Waals surface area contributed by atoms with E-state index in [-0.39, 0.29) is 21.6 Å². The van der Waals surface area contributed by atoms with Crippen molar-refractivity contribution in [3.8, 4) is 0 Å². The lowest BCUT2D eigenvalue weighted by Gasteiger charge is -2.26. The molecular weight excluding hydrogens is 246 g/mol. The quantitative estimate of drug-likeness (QED) is 0.665. The van der Waals surface area contributed by atoms with Crippen LogP contribution in [0, 0.1) is 11.2 Å². The van der Waals surface area contributed by atoms with Gasteiger partial charge >= 0.3 is 0 Å². The lowest BCUT2D eigenvalue weighted by atomic mass is 9.81. The molecule has 0 heterocycles. The molecule has 0 fully saturated rings. The monoisotopic (exact) mass is 262 g/mol. The SMILES string of the molecule is CC(Cl)CC(C)(C)Cc1cccc(Cl)c1F. The molecule has 0 aliphatic carbocycles. The van der Waals surface area contributed by atoms with Crippen molar-refractivity contribution in [1.82, 2.24) is 0 Å². The summed E-state index contributed by atoms with van der Waals surface area (Å²) in [4.78, 5) is 0. The molecule has 0 saturated carbocycles. The van der Waals surface area contributed by atoms with Gasteiger partial charge in [0.05, 0.1) is 5.02 Å². The minimum Gasteiger partial charge on any atom is -0.205 e. The van der Waals surface area contributed by atoms with Crippen LogP contribution in [-0.4, -0.2) is 5.38 Å². The van der Waals surface area contributed by atoms with E-state index in [2.05, 4.69) is 13.8 Å². The molecule has 1 unspecified atom stereocenters. The molecule has 0 aliphatic rings. The zero-order chi connectivity index (χ0) is 12.3. The molecule has 0 nitrogen and oxygen atoms in total. The molecule has 0 radical (unpaired) electrons. The van der Waals surface area contributed by atoms with Crippen LogP contribution in [0.25, 0.3) is 0 Å². The summed E-state index contributed by atoms with van der Waals surface area (Å²) in [7, 11) is 0. The van der Waals surface area contributed by atoms with Crippen LogP contribution in [0.4, 0.5) is 4.39 Å². The molecular formula is C13H17Cl2F. The lowest BCUT2D eigenvalue weighted by Crippen LogP contribution is -2.19. The molecule has 0 bridgehead atoms. The van der Waals surface area contributed by atoms with Gasteiger partial charge in [0.2, 0.25) is 0 Å². The van der Waals surface area contributed by atoms with Crippen LogP contribution >= 0.6 is 23.2 Å². The van der Waals surface area contributed by atoms with Crippen molar-refractivity contribution < 1.29 is 4.39 Å². The molecule has 0 N–H and O–H groups in total. The second-order valence-electron chi connectivity index (χ2n) is 5.04. The Morgan fingerprint density at radius 1 is 1.38 bits per heavy atom. The number of hydrogen-bond donors (Lipinski definition) is 0. The molecule has 0 aromatic heterocycles. The topological polar surface area (TPSA) is 0 Å². The first-order valence-electron chi connectivity index (χ1n) is 5.39. The molecule has 0 aliphatic heterocycles. The maximum absolute atomic E-state index is 13.7. The predicted molar refractivity (Wildman–Crippen MR) is 68.8 cm³/mol. The zero-order valence-corrected chi connectivity index (χ0v) is 11.4. The van der Waals surface area contributed by atoms with E-state index in [1.165, 1.54) is 0 Å². The lowest BCUT2D eigenvalue weighted by molar-refractivity contribution is 0.327. The summed E-state index contributed by atoms with van der Waals surface area (Å²) in [6, 6.07) is 5.13. The van der Waals surface area contributed by atoms with Gasteiger partial charge in [-0.2, -0.15) is 0 Å². The minimum atomic E-state index is -0.306. The van der Waals surface area contributed by atoms with E-state index in [0.29, 0.717) is 12.0 Å². The van der Waals surface area contributed by atoms with Gasteiger partial charge in [-0.05, 0) is 36.8 Å². The Morgan fingerprint density at radius 3 is 2.56 bits per heavy atom. The maximum Gasteiger partial charge on any atom is 0.144 e. The molecule has 3 heteroatoms. The fourth-order valence-corrected chi connectivity index (χ4v) is 2.65. The second-order valence-corrected chi connectivity index (χ2v) is 6.19. The van der Waals surface area contributed by atoms with Crippen LogP contribution in [0.15, 0.2) is 18.2 Å². The summed E-state index contributed by atoms with van der Waals surface area (Å²) in [6.07, 6.45) is 1.50. The third-order valence-corrected chi connectivity index (χ3v) is 2.98. The summed E-state index contributed by atoms with van der Waals surface area (Å²) in [5, 5.41) is 0.282. The van der Waals surface area contributed by atoms with E-state index in [1.54, 1.807) is 18.2 Å². The van der Waals surface area contributed by atoms with E-state index in [9.17, 15) is 4.39 Å². The number of benzene rings is 1. The first-order valence-corrected chi connectivity index (χ1v) is 6.20. The fraction of sp³-hybridized carbons (Fsp3) is 0.538. The Labute approximate surface area is 107 Å². The van der Waals surface area contributed by atoms with Crippen LogP contribution in [0.1, 0.15) is 32.8 Å². The normalized spacial score (nSPS) is 13.9. The third-order valence-electron chi connectivity index (χ3n) is 2.53. The molecule has 0 saturated heterocycles. The number of rotatable bonds is 4. The second kappa shape index (κ2) is 5.37. The number of hydrogen-bond acceptors (Lipinski definition) is 0. The van der Waals surface area contributed by atoms with Gasteiger partial charge in [0.1, 0.15) is 5.82 Å². The van der Waals surface area contributed by atoms with Gasteiger partial charge in [-0.1, -0.05) is 37.6 Å². The van der Waals surface area contributed by atoms with Gasteiger partial charge in [-0.15, -0.1) is 11.6 Å². The highest BCUT2D eigenvalue weighted by Gasteiger charge is 2.22. The zero-order valence-electron chi connectivity index (χ0n) is 9.86. The Kier molecular flexibility index (Phi) is 4.63. The van der Waals surface area contributed by atoms with Gasteiger partial charge in [0, 0.05) is 5.38 Å². The average molecular weight is 263 g/mol. The van der Waals surface area contributed by atoms with Crippen LogP contribution in [0.3, 0.4) is 0 Å². The van der Waals surface area contributed by atoms with Gasteiger partial charge < -0.3 is 0 Å². The molecule has 0 spiro atoms. The molecule has 1 atom stereocenters. The van der Waals surface area contributed by atoms with Gasteiger partial charge in [-0.3, -0.25) is 0 Å². The number of halogens is 3. The highest BCUT2D eigenvalue weighted by atomic mass is 35.5. The molecule has 1 aromatic carbocycles. The van der Waals surface area contributed by atoms with E-state index in [0.717, 1.165) is 6.42 Å². The largest absolute Gasteiger partial charge is 0.205 e.